The Hall–Kier alpha value is -2.55. The van der Waals surface area contributed by atoms with E-state index in [4.69, 9.17) is 4.74 Å². The first kappa shape index (κ1) is 17.3. The third-order valence-electron chi connectivity index (χ3n) is 3.96. The number of esters is 1. The number of carbonyl (C=O) groups excluding carboxylic acids is 1. The van der Waals surface area contributed by atoms with Crippen LogP contribution in [0.2, 0.25) is 0 Å². The molecule has 2 aromatic rings. The number of nitrogens with zero attached hydrogens (tertiary/aromatic N) is 3. The van der Waals surface area contributed by atoms with Crippen LogP contribution in [-0.2, 0) is 4.74 Å². The Balaban J connectivity index is 2.03. The highest BCUT2D eigenvalue weighted by atomic mass is 19.3. The first-order chi connectivity index (χ1) is 11.9. The lowest BCUT2D eigenvalue weighted by Crippen LogP contribution is -2.67. The number of halogens is 3. The van der Waals surface area contributed by atoms with Gasteiger partial charge in [0.2, 0.25) is 0 Å². The zero-order chi connectivity index (χ0) is 18.2. The van der Waals surface area contributed by atoms with E-state index in [0.717, 1.165) is 0 Å². The minimum atomic E-state index is -3.04. The van der Waals surface area contributed by atoms with Gasteiger partial charge in [0.15, 0.2) is 5.69 Å². The number of rotatable bonds is 5. The lowest BCUT2D eigenvalue weighted by Gasteiger charge is -2.47. The molecule has 6 nitrogen and oxygen atoms in total. The van der Waals surface area contributed by atoms with Crippen molar-refractivity contribution in [1.82, 2.24) is 9.78 Å². The first-order valence-corrected chi connectivity index (χ1v) is 7.66. The highest BCUT2D eigenvalue weighted by Crippen LogP contribution is 2.39. The quantitative estimate of drug-likeness (QED) is 0.831. The van der Waals surface area contributed by atoms with E-state index < -0.39 is 36.9 Å². The number of aliphatic hydroxyl groups excluding tert-OH is 1. The predicted molar refractivity (Wildman–Crippen MR) is 82.6 cm³/mol. The zero-order valence-electron chi connectivity index (χ0n) is 13.3. The lowest BCUT2D eigenvalue weighted by molar-refractivity contribution is -0.0857. The van der Waals surface area contributed by atoms with Crippen molar-refractivity contribution in [2.24, 2.45) is 0 Å². The fraction of sp³-hybridized carbons (Fsp3) is 0.375. The fourth-order valence-corrected chi connectivity index (χ4v) is 2.68. The maximum Gasteiger partial charge on any atom is 0.358 e. The van der Waals surface area contributed by atoms with Crippen LogP contribution in [0.4, 0.5) is 19.0 Å². The van der Waals surface area contributed by atoms with Crippen molar-refractivity contribution < 1.29 is 27.8 Å². The third-order valence-corrected chi connectivity index (χ3v) is 3.96. The van der Waals surface area contributed by atoms with Gasteiger partial charge in [0.1, 0.15) is 17.7 Å². The van der Waals surface area contributed by atoms with Crippen LogP contribution in [0, 0.1) is 5.82 Å². The topological polar surface area (TPSA) is 67.6 Å². The van der Waals surface area contributed by atoms with Crippen molar-refractivity contribution in [3.8, 4) is 5.69 Å². The van der Waals surface area contributed by atoms with Gasteiger partial charge in [-0.3, -0.25) is 0 Å². The predicted octanol–water partition coefficient (Wildman–Crippen LogP) is 2.00. The van der Waals surface area contributed by atoms with Crippen molar-refractivity contribution in [1.29, 1.82) is 0 Å². The van der Waals surface area contributed by atoms with Gasteiger partial charge in [-0.05, 0) is 31.2 Å². The summed E-state index contributed by atoms with van der Waals surface area (Å²) in [5.41, 5.74) is 0.326. The SMILES string of the molecule is CCOC(=O)c1cc(N2CC(F)(F)C2CO)n(-c2ccc(F)cc2)n1. The smallest absolute Gasteiger partial charge is 0.358 e. The molecule has 3 rings (SSSR count). The van der Waals surface area contributed by atoms with Crippen LogP contribution >= 0.6 is 0 Å². The molecule has 1 aromatic heterocycles. The average Bonchev–Trinajstić information content (AvgIpc) is 2.99. The fourth-order valence-electron chi connectivity index (χ4n) is 2.68. The summed E-state index contributed by atoms with van der Waals surface area (Å²) in [4.78, 5) is 13.2. The highest BCUT2D eigenvalue weighted by Gasteiger charge is 2.55. The van der Waals surface area contributed by atoms with Crippen molar-refractivity contribution in [3.63, 3.8) is 0 Å². The van der Waals surface area contributed by atoms with Gasteiger partial charge in [0.25, 0.3) is 5.92 Å². The average molecular weight is 355 g/mol. The molecule has 1 fully saturated rings. The largest absolute Gasteiger partial charge is 0.461 e. The minimum Gasteiger partial charge on any atom is -0.461 e. The van der Waals surface area contributed by atoms with Gasteiger partial charge in [0, 0.05) is 6.07 Å². The molecular formula is C16H16F3N3O3. The maximum absolute atomic E-state index is 13.6. The molecule has 0 bridgehead atoms. The molecule has 0 radical (unpaired) electrons. The molecule has 0 saturated carbocycles. The summed E-state index contributed by atoms with van der Waals surface area (Å²) >= 11 is 0. The van der Waals surface area contributed by atoms with E-state index in [2.05, 4.69) is 5.10 Å². The molecule has 1 aliphatic heterocycles. The third kappa shape index (κ3) is 3.07. The molecule has 1 unspecified atom stereocenters. The Kier molecular flexibility index (Phi) is 4.42. The summed E-state index contributed by atoms with van der Waals surface area (Å²) in [7, 11) is 0. The Morgan fingerprint density at radius 1 is 1.40 bits per heavy atom. The number of aliphatic hydroxyl groups is 1. The van der Waals surface area contributed by atoms with Crippen LogP contribution in [0.25, 0.3) is 5.69 Å². The van der Waals surface area contributed by atoms with Crippen LogP contribution in [-0.4, -0.2) is 52.6 Å². The van der Waals surface area contributed by atoms with Crippen molar-refractivity contribution >= 4 is 11.8 Å². The Labute approximate surface area is 141 Å². The lowest BCUT2D eigenvalue weighted by atomic mass is 9.99. The molecule has 2 heterocycles. The van der Waals surface area contributed by atoms with Crippen molar-refractivity contribution in [2.45, 2.75) is 18.9 Å². The van der Waals surface area contributed by atoms with E-state index in [-0.39, 0.29) is 18.1 Å². The Morgan fingerprint density at radius 3 is 2.64 bits per heavy atom. The Bertz CT molecular complexity index is 777. The normalized spacial score (nSPS) is 18.8. The van der Waals surface area contributed by atoms with Gasteiger partial charge in [0.05, 0.1) is 25.4 Å². The minimum absolute atomic E-state index is 0.0620. The molecule has 0 spiro atoms. The summed E-state index contributed by atoms with van der Waals surface area (Å²) in [6.45, 7) is 0.399. The second kappa shape index (κ2) is 6.40. The van der Waals surface area contributed by atoms with E-state index in [1.165, 1.54) is 39.9 Å². The van der Waals surface area contributed by atoms with Gasteiger partial charge in [-0.1, -0.05) is 0 Å². The molecule has 0 amide bonds. The van der Waals surface area contributed by atoms with E-state index in [1.54, 1.807) is 6.92 Å². The highest BCUT2D eigenvalue weighted by molar-refractivity contribution is 5.88. The van der Waals surface area contributed by atoms with E-state index in [1.807, 2.05) is 0 Å². The van der Waals surface area contributed by atoms with Crippen LogP contribution < -0.4 is 4.90 Å². The summed E-state index contributed by atoms with van der Waals surface area (Å²) in [6.07, 6.45) is 0. The van der Waals surface area contributed by atoms with Crippen molar-refractivity contribution in [3.05, 3.63) is 41.8 Å². The summed E-state index contributed by atoms with van der Waals surface area (Å²) in [6, 6.07) is 5.11. The molecule has 1 aliphatic rings. The van der Waals surface area contributed by atoms with Gasteiger partial charge in [-0.15, -0.1) is 0 Å². The van der Waals surface area contributed by atoms with Gasteiger partial charge < -0.3 is 14.7 Å². The van der Waals surface area contributed by atoms with Gasteiger partial charge >= 0.3 is 5.97 Å². The molecule has 1 aromatic carbocycles. The second-order valence-corrected chi connectivity index (χ2v) is 5.58. The van der Waals surface area contributed by atoms with Gasteiger partial charge in [-0.2, -0.15) is 5.10 Å². The number of aromatic nitrogens is 2. The number of hydrogen-bond donors (Lipinski definition) is 1. The molecular weight excluding hydrogens is 339 g/mol. The second-order valence-electron chi connectivity index (χ2n) is 5.58. The number of ether oxygens (including phenoxy) is 1. The van der Waals surface area contributed by atoms with Gasteiger partial charge in [-0.25, -0.2) is 22.6 Å². The van der Waals surface area contributed by atoms with Crippen LogP contribution in [0.1, 0.15) is 17.4 Å². The van der Waals surface area contributed by atoms with Crippen LogP contribution in [0.5, 0.6) is 0 Å². The molecule has 1 saturated heterocycles. The monoisotopic (exact) mass is 355 g/mol. The van der Waals surface area contributed by atoms with E-state index in [9.17, 15) is 23.1 Å². The molecule has 25 heavy (non-hydrogen) atoms. The van der Waals surface area contributed by atoms with Crippen LogP contribution in [0.3, 0.4) is 0 Å². The summed E-state index contributed by atoms with van der Waals surface area (Å²) < 4.78 is 46.6. The number of anilines is 1. The maximum atomic E-state index is 13.6. The number of benzene rings is 1. The van der Waals surface area contributed by atoms with E-state index in [0.29, 0.717) is 5.69 Å². The molecule has 1 N–H and O–H groups in total. The molecule has 0 aliphatic carbocycles. The summed E-state index contributed by atoms with van der Waals surface area (Å²) in [5, 5.41) is 13.4. The van der Waals surface area contributed by atoms with Crippen molar-refractivity contribution in [2.75, 3.05) is 24.7 Å². The number of hydrogen-bond acceptors (Lipinski definition) is 5. The zero-order valence-corrected chi connectivity index (χ0v) is 13.3. The Morgan fingerprint density at radius 2 is 2.08 bits per heavy atom. The standard InChI is InChI=1S/C16H16F3N3O3/c1-2-25-15(24)12-7-14(21-9-16(18,19)13(21)8-23)22(20-12)11-5-3-10(17)4-6-11/h3-7,13,23H,2,8-9H2,1H3. The molecule has 9 heteroatoms. The number of carbonyl (C=O) groups is 1. The molecule has 134 valence electrons. The van der Waals surface area contributed by atoms with E-state index >= 15 is 0 Å². The number of alkyl halides is 2. The summed E-state index contributed by atoms with van der Waals surface area (Å²) in [5.74, 6) is -4.01. The molecule has 1 atom stereocenters. The van der Waals surface area contributed by atoms with Crippen LogP contribution in [0.15, 0.2) is 30.3 Å². The first-order valence-electron chi connectivity index (χ1n) is 7.66.